The number of rotatable bonds is 3. The van der Waals surface area contributed by atoms with E-state index in [1.807, 2.05) is 19.1 Å². The summed E-state index contributed by atoms with van der Waals surface area (Å²) in [4.78, 5) is 2.87. The van der Waals surface area contributed by atoms with Crippen LogP contribution in [-0.4, -0.2) is 14.1 Å². The number of hydrazone groups is 1. The first-order valence-corrected chi connectivity index (χ1v) is 13.9. The summed E-state index contributed by atoms with van der Waals surface area (Å²) in [6, 6.07) is 6.98. The quantitative estimate of drug-likeness (QED) is 0.578. The van der Waals surface area contributed by atoms with Gasteiger partial charge in [-0.2, -0.15) is 13.5 Å². The Morgan fingerprint density at radius 3 is 2.48 bits per heavy atom. The maximum Gasteiger partial charge on any atom is 0.276 e. The van der Waals surface area contributed by atoms with Gasteiger partial charge in [-0.3, -0.25) is 0 Å². The highest BCUT2D eigenvalue weighted by atomic mass is 32.2. The molecule has 0 aromatic heterocycles. The minimum atomic E-state index is -3.62. The maximum atomic E-state index is 12.8. The Hall–Kier alpha value is -1.36. The zero-order valence-electron chi connectivity index (χ0n) is 19.4. The Labute approximate surface area is 188 Å². The van der Waals surface area contributed by atoms with Gasteiger partial charge >= 0.3 is 0 Å². The van der Waals surface area contributed by atoms with Crippen molar-refractivity contribution in [2.24, 2.45) is 39.6 Å². The molecule has 1 aromatic rings. The number of benzene rings is 1. The van der Waals surface area contributed by atoms with Gasteiger partial charge in [0.1, 0.15) is 0 Å². The first kappa shape index (κ1) is 21.5. The third kappa shape index (κ3) is 3.46. The molecular weight excluding hydrogens is 404 g/mol. The van der Waals surface area contributed by atoms with E-state index in [0.717, 1.165) is 41.9 Å². The molecule has 0 bridgehead atoms. The fraction of sp³-hybridized carbons (Fsp3) is 0.731. The van der Waals surface area contributed by atoms with Gasteiger partial charge in [0.15, 0.2) is 0 Å². The lowest BCUT2D eigenvalue weighted by atomic mass is 9.45. The highest BCUT2D eigenvalue weighted by Gasteiger charge is 2.59. The van der Waals surface area contributed by atoms with Crippen LogP contribution < -0.4 is 4.83 Å². The van der Waals surface area contributed by atoms with E-state index in [9.17, 15) is 8.42 Å². The van der Waals surface area contributed by atoms with Crippen molar-refractivity contribution in [3.63, 3.8) is 0 Å². The molecule has 1 unspecified atom stereocenters. The van der Waals surface area contributed by atoms with Gasteiger partial charge in [-0.15, -0.1) is 0 Å². The molecule has 0 saturated heterocycles. The van der Waals surface area contributed by atoms with Gasteiger partial charge in [-0.05, 0) is 99.5 Å². The lowest BCUT2D eigenvalue weighted by molar-refractivity contribution is -0.0936. The molecular formula is C26H38N2O2S. The molecule has 4 aliphatic carbocycles. The van der Waals surface area contributed by atoms with Crippen molar-refractivity contribution < 1.29 is 8.42 Å². The second kappa shape index (κ2) is 7.60. The predicted molar refractivity (Wildman–Crippen MR) is 125 cm³/mol. The number of nitrogens with zero attached hydrogens (tertiary/aromatic N) is 1. The summed E-state index contributed by atoms with van der Waals surface area (Å²) in [5.41, 5.74) is 2.72. The van der Waals surface area contributed by atoms with Crippen molar-refractivity contribution >= 4 is 15.7 Å². The van der Waals surface area contributed by atoms with Crippen LogP contribution in [0.1, 0.15) is 83.6 Å². The van der Waals surface area contributed by atoms with Crippen LogP contribution in [0.2, 0.25) is 0 Å². The van der Waals surface area contributed by atoms with Gasteiger partial charge in [-0.25, -0.2) is 4.83 Å². The second-order valence-electron chi connectivity index (χ2n) is 11.4. The van der Waals surface area contributed by atoms with E-state index in [-0.39, 0.29) is 10.3 Å². The number of fused-ring (bicyclic) bond motifs is 5. The summed E-state index contributed by atoms with van der Waals surface area (Å²) in [7, 11) is -3.62. The van der Waals surface area contributed by atoms with Crippen LogP contribution in [0.15, 0.2) is 34.3 Å². The summed E-state index contributed by atoms with van der Waals surface area (Å²) in [6.45, 7) is 6.94. The van der Waals surface area contributed by atoms with Crippen LogP contribution in [0.4, 0.5) is 0 Å². The van der Waals surface area contributed by atoms with Crippen molar-refractivity contribution in [3.05, 3.63) is 29.8 Å². The third-order valence-electron chi connectivity index (χ3n) is 9.96. The largest absolute Gasteiger partial charge is 0.276 e. The highest BCUT2D eigenvalue weighted by Crippen LogP contribution is 2.65. The zero-order valence-corrected chi connectivity index (χ0v) is 20.2. The van der Waals surface area contributed by atoms with Crippen LogP contribution in [-0.2, 0) is 10.0 Å². The SMILES string of the molecule is Cc1ccc(S(=O)(=O)NN=C2CC[C@H]3[C@@H]4CCC5CCCC[C@]5(C)[C@H]4CC[C@]23C)cc1. The molecule has 0 amide bonds. The molecule has 0 aliphatic heterocycles. The highest BCUT2D eigenvalue weighted by molar-refractivity contribution is 7.89. The Morgan fingerprint density at radius 1 is 0.935 bits per heavy atom. The Kier molecular flexibility index (Phi) is 5.27. The Bertz CT molecular complexity index is 970. The van der Waals surface area contributed by atoms with Crippen LogP contribution in [0, 0.1) is 41.4 Å². The van der Waals surface area contributed by atoms with Crippen molar-refractivity contribution in [1.82, 2.24) is 4.83 Å². The van der Waals surface area contributed by atoms with Gasteiger partial charge in [0.25, 0.3) is 10.0 Å². The van der Waals surface area contributed by atoms with E-state index in [1.165, 1.54) is 51.4 Å². The molecule has 0 radical (unpaired) electrons. The van der Waals surface area contributed by atoms with E-state index >= 15 is 0 Å². The van der Waals surface area contributed by atoms with Gasteiger partial charge in [0, 0.05) is 11.1 Å². The zero-order chi connectivity index (χ0) is 21.9. The smallest absolute Gasteiger partial charge is 0.200 e. The molecule has 4 fully saturated rings. The lowest BCUT2D eigenvalue weighted by Crippen LogP contribution is -2.52. The van der Waals surface area contributed by atoms with Gasteiger partial charge < -0.3 is 0 Å². The van der Waals surface area contributed by atoms with Gasteiger partial charge in [-0.1, -0.05) is 44.4 Å². The molecule has 4 saturated carbocycles. The topological polar surface area (TPSA) is 58.5 Å². The van der Waals surface area contributed by atoms with Crippen LogP contribution in [0.3, 0.4) is 0 Å². The molecule has 1 N–H and O–H groups in total. The number of aryl methyl sites for hydroxylation is 1. The molecule has 5 rings (SSSR count). The predicted octanol–water partition coefficient (Wildman–Crippen LogP) is 6.06. The average Bonchev–Trinajstić information content (AvgIpc) is 3.08. The Morgan fingerprint density at radius 2 is 1.71 bits per heavy atom. The van der Waals surface area contributed by atoms with Gasteiger partial charge in [0.2, 0.25) is 0 Å². The third-order valence-corrected chi connectivity index (χ3v) is 11.2. The summed E-state index contributed by atoms with van der Waals surface area (Å²) in [5, 5.41) is 4.56. The Balaban J connectivity index is 1.36. The summed E-state index contributed by atoms with van der Waals surface area (Å²) >= 11 is 0. The molecule has 0 spiro atoms. The fourth-order valence-corrected chi connectivity index (χ4v) is 8.98. The van der Waals surface area contributed by atoms with Crippen molar-refractivity contribution in [3.8, 4) is 0 Å². The average molecular weight is 443 g/mol. The molecule has 1 aromatic carbocycles. The number of hydrogen-bond donors (Lipinski definition) is 1. The molecule has 0 heterocycles. The minimum absolute atomic E-state index is 0.0504. The molecule has 31 heavy (non-hydrogen) atoms. The van der Waals surface area contributed by atoms with E-state index < -0.39 is 10.0 Å². The molecule has 6 atom stereocenters. The maximum absolute atomic E-state index is 12.8. The van der Waals surface area contributed by atoms with Crippen molar-refractivity contribution in [2.45, 2.75) is 89.9 Å². The van der Waals surface area contributed by atoms with Crippen LogP contribution in [0.25, 0.3) is 0 Å². The number of sulfonamides is 1. The summed E-state index contributed by atoms with van der Waals surface area (Å²) in [6.07, 6.45) is 13.0. The molecule has 170 valence electrons. The van der Waals surface area contributed by atoms with Crippen molar-refractivity contribution in [1.29, 1.82) is 0 Å². The number of nitrogens with one attached hydrogen (secondary N) is 1. The first-order valence-electron chi connectivity index (χ1n) is 12.4. The van der Waals surface area contributed by atoms with Crippen LogP contribution >= 0.6 is 0 Å². The standard InChI is InChI=1S/C26H38N2O2S/c1-18-7-10-20(11-8-18)31(29,30)28-27-24-14-13-22-21-12-9-19-6-4-5-16-25(19,2)23(21)15-17-26(22,24)3/h7-8,10-11,19,21-23,28H,4-6,9,12-17H2,1-3H3/t19?,21-,22-,23-,25-,26-/m0/s1. The minimum Gasteiger partial charge on any atom is -0.200 e. The first-order chi connectivity index (χ1) is 14.7. The monoisotopic (exact) mass is 442 g/mol. The summed E-state index contributed by atoms with van der Waals surface area (Å²) in [5.74, 6) is 3.24. The molecule has 5 heteroatoms. The lowest BCUT2D eigenvalue weighted by Gasteiger charge is -2.59. The van der Waals surface area contributed by atoms with Gasteiger partial charge in [0.05, 0.1) is 4.90 Å². The summed E-state index contributed by atoms with van der Waals surface area (Å²) < 4.78 is 25.5. The van der Waals surface area contributed by atoms with E-state index in [1.54, 1.807) is 12.1 Å². The fourth-order valence-electron chi connectivity index (χ4n) is 8.15. The van der Waals surface area contributed by atoms with E-state index in [4.69, 9.17) is 0 Å². The molecule has 4 aliphatic rings. The normalized spacial score (nSPS) is 41.3. The number of hydrogen-bond acceptors (Lipinski definition) is 3. The van der Waals surface area contributed by atoms with Crippen LogP contribution in [0.5, 0.6) is 0 Å². The van der Waals surface area contributed by atoms with E-state index in [0.29, 0.717) is 11.3 Å². The van der Waals surface area contributed by atoms with E-state index in [2.05, 4.69) is 23.8 Å². The molecule has 4 nitrogen and oxygen atoms in total. The second-order valence-corrected chi connectivity index (χ2v) is 13.0. The van der Waals surface area contributed by atoms with Crippen molar-refractivity contribution in [2.75, 3.05) is 0 Å².